The van der Waals surface area contributed by atoms with E-state index in [0.29, 0.717) is 0 Å². The Balaban J connectivity index is 3.35. The molecular weight excluding hydrogens is 144 g/mol. The van der Waals surface area contributed by atoms with Crippen LogP contribution in [0.3, 0.4) is 0 Å². The van der Waals surface area contributed by atoms with Crippen LogP contribution in [0, 0.1) is 0 Å². The van der Waals surface area contributed by atoms with Gasteiger partial charge < -0.3 is 0 Å². The molecule has 0 bridgehead atoms. The van der Waals surface area contributed by atoms with Gasteiger partial charge in [-0.3, -0.25) is 14.5 Å². The lowest BCUT2D eigenvalue weighted by molar-refractivity contribution is -0.120. The van der Waals surface area contributed by atoms with Gasteiger partial charge in [0.1, 0.15) is 0 Å². The van der Waals surface area contributed by atoms with Gasteiger partial charge >= 0.3 is 6.16 Å². The molecule has 0 fully saturated rings. The molecule has 0 aliphatic rings. The minimum absolute atomic E-state index is 0.0130. The Morgan fingerprint density at radius 3 is 2.40 bits per heavy atom. The summed E-state index contributed by atoms with van der Waals surface area (Å²) in [5, 5.41) is 1.37. The maximum absolute atomic E-state index is 11.3. The van der Waals surface area contributed by atoms with Crippen molar-refractivity contribution in [2.75, 3.05) is 6.67 Å². The normalized spacial score (nSPS) is 9.00. The maximum Gasteiger partial charge on any atom is 0.404 e. The molecule has 0 aromatic carbocycles. The van der Waals surface area contributed by atoms with Crippen molar-refractivity contribution in [3.8, 4) is 0 Å². The van der Waals surface area contributed by atoms with E-state index in [4.69, 9.17) is 0 Å². The average Bonchev–Trinajstić information content (AvgIpc) is 1.82. The van der Waals surface area contributed by atoms with Gasteiger partial charge in [0, 0.05) is 6.42 Å². The highest BCUT2D eigenvalue weighted by atomic mass is 19.1. The number of rotatable bonds is 3. The summed E-state index contributed by atoms with van der Waals surface area (Å²) in [5.41, 5.74) is 0. The van der Waals surface area contributed by atoms with Gasteiger partial charge in [-0.25, -0.2) is 4.79 Å². The zero-order chi connectivity index (χ0) is 7.98. The van der Waals surface area contributed by atoms with Crippen LogP contribution >= 0.6 is 0 Å². The summed E-state index contributed by atoms with van der Waals surface area (Å²) in [7, 11) is 0. The van der Waals surface area contributed by atoms with E-state index in [2.05, 4.69) is 0 Å². The third-order valence-corrected chi connectivity index (χ3v) is 0.775. The maximum atomic E-state index is 11.3. The van der Waals surface area contributed by atoms with Crippen molar-refractivity contribution in [3.05, 3.63) is 0 Å². The van der Waals surface area contributed by atoms with Crippen molar-refractivity contribution in [1.29, 1.82) is 0 Å². The predicted octanol–water partition coefficient (Wildman–Crippen LogP) is 0.942. The second kappa shape index (κ2) is 4.84. The standard InChI is InChI=1S/C5H7F2NO2/c6-3-1-2-4(9)8-5(7)10/h1-3H2,(H,8,9,10). The average molecular weight is 151 g/mol. The number of hydrogen-bond donors (Lipinski definition) is 1. The van der Waals surface area contributed by atoms with E-state index >= 15 is 0 Å². The number of amides is 2. The van der Waals surface area contributed by atoms with Crippen LogP contribution in [0.2, 0.25) is 0 Å². The second-order valence-corrected chi connectivity index (χ2v) is 1.61. The molecule has 0 spiro atoms. The van der Waals surface area contributed by atoms with Gasteiger partial charge in [0.25, 0.3) is 0 Å². The lowest BCUT2D eigenvalue weighted by Crippen LogP contribution is -2.25. The van der Waals surface area contributed by atoms with E-state index in [0.717, 1.165) is 0 Å². The Morgan fingerprint density at radius 1 is 1.40 bits per heavy atom. The number of halogens is 2. The van der Waals surface area contributed by atoms with E-state index < -0.39 is 18.7 Å². The summed E-state index contributed by atoms with van der Waals surface area (Å²) in [5.74, 6) is -0.787. The summed E-state index contributed by atoms with van der Waals surface area (Å²) < 4.78 is 22.6. The SMILES string of the molecule is O=C(F)NC(=O)CCCF. The van der Waals surface area contributed by atoms with Crippen molar-refractivity contribution >= 4 is 12.1 Å². The molecule has 1 N–H and O–H groups in total. The Morgan fingerprint density at radius 2 is 2.00 bits per heavy atom. The van der Waals surface area contributed by atoms with Crippen LogP contribution in [0.5, 0.6) is 0 Å². The Bertz CT molecular complexity index is 138. The van der Waals surface area contributed by atoms with Crippen LogP contribution < -0.4 is 5.32 Å². The van der Waals surface area contributed by atoms with Crippen molar-refractivity contribution in [2.24, 2.45) is 0 Å². The van der Waals surface area contributed by atoms with E-state index in [9.17, 15) is 18.4 Å². The van der Waals surface area contributed by atoms with Gasteiger partial charge in [0.15, 0.2) is 0 Å². The zero-order valence-corrected chi connectivity index (χ0v) is 5.19. The molecule has 0 saturated heterocycles. The second-order valence-electron chi connectivity index (χ2n) is 1.61. The summed E-state index contributed by atoms with van der Waals surface area (Å²) >= 11 is 0. The smallest absolute Gasteiger partial charge is 0.275 e. The third kappa shape index (κ3) is 5.14. The summed E-state index contributed by atoms with van der Waals surface area (Å²) in [6, 6.07) is 0. The quantitative estimate of drug-likeness (QED) is 0.482. The number of imide groups is 1. The molecule has 0 heterocycles. The molecule has 5 heteroatoms. The van der Waals surface area contributed by atoms with Gasteiger partial charge in [-0.2, -0.15) is 0 Å². The lowest BCUT2D eigenvalue weighted by atomic mass is 10.3. The molecule has 0 atom stereocenters. The first kappa shape index (κ1) is 9.00. The number of alkyl halides is 1. The fourth-order valence-corrected chi connectivity index (χ4v) is 0.399. The van der Waals surface area contributed by atoms with Gasteiger partial charge in [0.05, 0.1) is 6.67 Å². The van der Waals surface area contributed by atoms with Crippen LogP contribution in [0.25, 0.3) is 0 Å². The molecule has 0 aromatic rings. The third-order valence-electron chi connectivity index (χ3n) is 0.775. The molecule has 0 rings (SSSR count). The summed E-state index contributed by atoms with van der Waals surface area (Å²) in [6.45, 7) is -0.645. The van der Waals surface area contributed by atoms with Crippen molar-refractivity contribution in [3.63, 3.8) is 0 Å². The van der Waals surface area contributed by atoms with Crippen molar-refractivity contribution in [1.82, 2.24) is 5.32 Å². The molecule has 0 aliphatic heterocycles. The molecule has 0 aromatic heterocycles. The highest BCUT2D eigenvalue weighted by Gasteiger charge is 2.04. The monoisotopic (exact) mass is 151 g/mol. The number of hydrogen-bond acceptors (Lipinski definition) is 2. The topological polar surface area (TPSA) is 46.2 Å². The van der Waals surface area contributed by atoms with Crippen molar-refractivity contribution < 1.29 is 18.4 Å². The van der Waals surface area contributed by atoms with Gasteiger partial charge in [-0.05, 0) is 6.42 Å². The van der Waals surface area contributed by atoms with E-state index in [1.54, 1.807) is 0 Å². The molecule has 0 saturated carbocycles. The molecule has 2 amide bonds. The first-order valence-electron chi connectivity index (χ1n) is 2.72. The van der Waals surface area contributed by atoms with E-state index in [-0.39, 0.29) is 12.8 Å². The largest absolute Gasteiger partial charge is 0.404 e. The molecule has 58 valence electrons. The fourth-order valence-electron chi connectivity index (χ4n) is 0.399. The fraction of sp³-hybridized carbons (Fsp3) is 0.600. The Labute approximate surface area is 56.4 Å². The van der Waals surface area contributed by atoms with Crippen LogP contribution in [-0.4, -0.2) is 18.7 Å². The first-order chi connectivity index (χ1) is 4.66. The van der Waals surface area contributed by atoms with Gasteiger partial charge in [-0.1, -0.05) is 0 Å². The highest BCUT2D eigenvalue weighted by Crippen LogP contribution is 1.89. The van der Waals surface area contributed by atoms with E-state index in [1.807, 2.05) is 0 Å². The lowest BCUT2D eigenvalue weighted by Gasteiger charge is -1.94. The minimum Gasteiger partial charge on any atom is -0.275 e. The summed E-state index contributed by atoms with van der Waals surface area (Å²) in [4.78, 5) is 19.8. The number of nitrogens with one attached hydrogen (secondary N) is 1. The summed E-state index contributed by atoms with van der Waals surface area (Å²) in [6.07, 6.45) is -2.05. The van der Waals surface area contributed by atoms with Crippen LogP contribution in [0.1, 0.15) is 12.8 Å². The van der Waals surface area contributed by atoms with Crippen molar-refractivity contribution in [2.45, 2.75) is 12.8 Å². The predicted molar refractivity (Wildman–Crippen MR) is 29.9 cm³/mol. The Hall–Kier alpha value is -1.00. The van der Waals surface area contributed by atoms with Crippen LogP contribution in [0.15, 0.2) is 0 Å². The van der Waals surface area contributed by atoms with Crippen LogP contribution in [0.4, 0.5) is 13.6 Å². The number of carbonyl (C=O) groups excluding carboxylic acids is 2. The van der Waals surface area contributed by atoms with Gasteiger partial charge in [0.2, 0.25) is 5.91 Å². The molecule has 0 aliphatic carbocycles. The number of carbonyl (C=O) groups is 2. The molecule has 0 radical (unpaired) electrons. The Kier molecular flexibility index (Phi) is 4.36. The van der Waals surface area contributed by atoms with Gasteiger partial charge in [-0.15, -0.1) is 4.39 Å². The first-order valence-corrected chi connectivity index (χ1v) is 2.72. The molecule has 0 unspecified atom stereocenters. The van der Waals surface area contributed by atoms with E-state index in [1.165, 1.54) is 5.32 Å². The zero-order valence-electron chi connectivity index (χ0n) is 5.19. The molecular formula is C5H7F2NO2. The van der Waals surface area contributed by atoms with Crippen LogP contribution in [-0.2, 0) is 4.79 Å². The molecule has 3 nitrogen and oxygen atoms in total. The highest BCUT2D eigenvalue weighted by molar-refractivity contribution is 5.91. The molecule has 10 heavy (non-hydrogen) atoms. The minimum atomic E-state index is -1.90.